The fourth-order valence-electron chi connectivity index (χ4n) is 2.51. The summed E-state index contributed by atoms with van der Waals surface area (Å²) in [4.78, 5) is 5.78. The van der Waals surface area contributed by atoms with E-state index in [1.54, 1.807) is 0 Å². The number of thiazole rings is 1. The zero-order chi connectivity index (χ0) is 11.1. The minimum atomic E-state index is 0.380. The number of hydrogen-bond donors (Lipinski definition) is 1. The maximum Gasteiger partial charge on any atom is 0.0896 e. The van der Waals surface area contributed by atoms with E-state index in [2.05, 4.69) is 25.8 Å². The topological polar surface area (TPSA) is 38.9 Å². The van der Waals surface area contributed by atoms with Crippen molar-refractivity contribution in [2.75, 3.05) is 0 Å². The SMILES string of the molecule is Cc1ncc(C2CC(N)CCC2(C)C)s1. The molecule has 2 rings (SSSR count). The third-order valence-electron chi connectivity index (χ3n) is 3.62. The van der Waals surface area contributed by atoms with Crippen molar-refractivity contribution in [2.45, 2.75) is 52.0 Å². The van der Waals surface area contributed by atoms with Crippen molar-refractivity contribution in [1.29, 1.82) is 0 Å². The summed E-state index contributed by atoms with van der Waals surface area (Å²) in [5.41, 5.74) is 6.46. The first-order valence-corrected chi connectivity index (χ1v) is 6.48. The molecule has 2 nitrogen and oxygen atoms in total. The fraction of sp³-hybridized carbons (Fsp3) is 0.750. The van der Waals surface area contributed by atoms with Gasteiger partial charge in [-0.25, -0.2) is 4.98 Å². The minimum absolute atomic E-state index is 0.380. The van der Waals surface area contributed by atoms with Gasteiger partial charge >= 0.3 is 0 Å². The number of aryl methyl sites for hydroxylation is 1. The van der Waals surface area contributed by atoms with Crippen LogP contribution in [0.1, 0.15) is 48.9 Å². The van der Waals surface area contributed by atoms with E-state index >= 15 is 0 Å². The summed E-state index contributed by atoms with van der Waals surface area (Å²) in [6, 6.07) is 0.380. The Morgan fingerprint density at radius 2 is 2.27 bits per heavy atom. The summed E-state index contributed by atoms with van der Waals surface area (Å²) in [7, 11) is 0. The smallest absolute Gasteiger partial charge is 0.0896 e. The molecule has 2 atom stereocenters. The number of nitrogens with two attached hydrogens (primary N) is 1. The normalized spacial score (nSPS) is 30.4. The van der Waals surface area contributed by atoms with Gasteiger partial charge in [-0.05, 0) is 31.6 Å². The van der Waals surface area contributed by atoms with Gasteiger partial charge in [0.1, 0.15) is 0 Å². The van der Waals surface area contributed by atoms with E-state index in [-0.39, 0.29) is 0 Å². The molecule has 2 unspecified atom stereocenters. The van der Waals surface area contributed by atoms with Gasteiger partial charge in [0.25, 0.3) is 0 Å². The molecule has 1 aliphatic carbocycles. The minimum Gasteiger partial charge on any atom is -0.328 e. The van der Waals surface area contributed by atoms with Crippen molar-refractivity contribution in [3.05, 3.63) is 16.1 Å². The molecular weight excluding hydrogens is 204 g/mol. The van der Waals surface area contributed by atoms with Crippen molar-refractivity contribution in [3.8, 4) is 0 Å². The van der Waals surface area contributed by atoms with E-state index < -0.39 is 0 Å². The molecular formula is C12H20N2S. The molecule has 15 heavy (non-hydrogen) atoms. The Kier molecular flexibility index (Phi) is 2.86. The third-order valence-corrected chi connectivity index (χ3v) is 4.65. The number of aromatic nitrogens is 1. The number of rotatable bonds is 1. The molecule has 0 saturated heterocycles. The van der Waals surface area contributed by atoms with Crippen LogP contribution >= 0.6 is 11.3 Å². The van der Waals surface area contributed by atoms with E-state index in [1.165, 1.54) is 22.7 Å². The van der Waals surface area contributed by atoms with Crippen molar-refractivity contribution in [3.63, 3.8) is 0 Å². The standard InChI is InChI=1S/C12H20N2S/c1-8-14-7-11(15-8)10-6-9(13)4-5-12(10,2)3/h7,9-10H,4-6,13H2,1-3H3. The van der Waals surface area contributed by atoms with Gasteiger partial charge in [-0.1, -0.05) is 13.8 Å². The second-order valence-corrected chi connectivity index (χ2v) is 6.62. The summed E-state index contributed by atoms with van der Waals surface area (Å²) in [6.07, 6.45) is 5.57. The Hall–Kier alpha value is -0.410. The number of hydrogen-bond acceptors (Lipinski definition) is 3. The molecule has 3 heteroatoms. The molecule has 0 aliphatic heterocycles. The monoisotopic (exact) mass is 224 g/mol. The van der Waals surface area contributed by atoms with Gasteiger partial charge in [-0.3, -0.25) is 0 Å². The van der Waals surface area contributed by atoms with Gasteiger partial charge in [0.15, 0.2) is 0 Å². The summed E-state index contributed by atoms with van der Waals surface area (Å²) < 4.78 is 0. The molecule has 1 saturated carbocycles. The molecule has 1 aromatic heterocycles. The van der Waals surface area contributed by atoms with E-state index in [1.807, 2.05) is 17.5 Å². The maximum absolute atomic E-state index is 6.07. The molecule has 1 aromatic rings. The second-order valence-electron chi connectivity index (χ2n) is 5.36. The van der Waals surface area contributed by atoms with E-state index in [0.717, 1.165) is 6.42 Å². The van der Waals surface area contributed by atoms with E-state index in [4.69, 9.17) is 5.73 Å². The summed E-state index contributed by atoms with van der Waals surface area (Å²) in [5.74, 6) is 0.604. The highest BCUT2D eigenvalue weighted by molar-refractivity contribution is 7.11. The van der Waals surface area contributed by atoms with Crippen molar-refractivity contribution < 1.29 is 0 Å². The Bertz CT molecular complexity index is 343. The lowest BCUT2D eigenvalue weighted by Gasteiger charge is -2.40. The fourth-order valence-corrected chi connectivity index (χ4v) is 3.62. The zero-order valence-electron chi connectivity index (χ0n) is 9.79. The predicted octanol–water partition coefficient (Wildman–Crippen LogP) is 3.07. The quantitative estimate of drug-likeness (QED) is 0.796. The van der Waals surface area contributed by atoms with Crippen LogP contribution in [0.25, 0.3) is 0 Å². The van der Waals surface area contributed by atoms with Crippen LogP contribution in [0.5, 0.6) is 0 Å². The summed E-state index contributed by atoms with van der Waals surface area (Å²) >= 11 is 1.83. The first kappa shape index (κ1) is 11.1. The predicted molar refractivity (Wildman–Crippen MR) is 65.2 cm³/mol. The van der Waals surface area contributed by atoms with Crippen LogP contribution in [0.15, 0.2) is 6.20 Å². The van der Waals surface area contributed by atoms with Crippen molar-refractivity contribution in [1.82, 2.24) is 4.98 Å². The molecule has 1 fully saturated rings. The van der Waals surface area contributed by atoms with Crippen molar-refractivity contribution in [2.24, 2.45) is 11.1 Å². The molecule has 0 amide bonds. The van der Waals surface area contributed by atoms with Gasteiger partial charge in [0, 0.05) is 23.0 Å². The second kappa shape index (κ2) is 3.87. The molecule has 1 aliphatic rings. The van der Waals surface area contributed by atoms with Crippen LogP contribution in [-0.2, 0) is 0 Å². The lowest BCUT2D eigenvalue weighted by Crippen LogP contribution is -2.36. The van der Waals surface area contributed by atoms with Gasteiger partial charge in [-0.15, -0.1) is 11.3 Å². The zero-order valence-corrected chi connectivity index (χ0v) is 10.6. The summed E-state index contributed by atoms with van der Waals surface area (Å²) in [6.45, 7) is 6.79. The van der Waals surface area contributed by atoms with Gasteiger partial charge in [-0.2, -0.15) is 0 Å². The summed E-state index contributed by atoms with van der Waals surface area (Å²) in [5, 5.41) is 1.17. The maximum atomic E-state index is 6.07. The highest BCUT2D eigenvalue weighted by atomic mass is 32.1. The van der Waals surface area contributed by atoms with Crippen LogP contribution in [0.2, 0.25) is 0 Å². The average molecular weight is 224 g/mol. The first-order chi connectivity index (χ1) is 6.99. The lowest BCUT2D eigenvalue weighted by molar-refractivity contribution is 0.185. The van der Waals surface area contributed by atoms with E-state index in [0.29, 0.717) is 17.4 Å². The van der Waals surface area contributed by atoms with Crippen molar-refractivity contribution >= 4 is 11.3 Å². The van der Waals surface area contributed by atoms with E-state index in [9.17, 15) is 0 Å². The lowest BCUT2D eigenvalue weighted by atomic mass is 9.67. The molecule has 1 heterocycles. The Morgan fingerprint density at radius 3 is 2.87 bits per heavy atom. The highest BCUT2D eigenvalue weighted by Gasteiger charge is 2.37. The van der Waals surface area contributed by atoms with Gasteiger partial charge < -0.3 is 5.73 Å². The van der Waals surface area contributed by atoms with Crippen LogP contribution in [-0.4, -0.2) is 11.0 Å². The van der Waals surface area contributed by atoms with Gasteiger partial charge in [0.2, 0.25) is 0 Å². The third kappa shape index (κ3) is 2.23. The van der Waals surface area contributed by atoms with Crippen LogP contribution in [0, 0.1) is 12.3 Å². The van der Waals surface area contributed by atoms with Crippen LogP contribution in [0.4, 0.5) is 0 Å². The molecule has 0 radical (unpaired) electrons. The number of nitrogens with zero attached hydrogens (tertiary/aromatic N) is 1. The molecule has 84 valence electrons. The first-order valence-electron chi connectivity index (χ1n) is 5.67. The Morgan fingerprint density at radius 1 is 1.53 bits per heavy atom. The average Bonchev–Trinajstić information content (AvgIpc) is 2.56. The van der Waals surface area contributed by atoms with Gasteiger partial charge in [0.05, 0.1) is 5.01 Å². The van der Waals surface area contributed by atoms with Crippen LogP contribution in [0.3, 0.4) is 0 Å². The highest BCUT2D eigenvalue weighted by Crippen LogP contribution is 2.47. The molecule has 0 bridgehead atoms. The molecule has 2 N–H and O–H groups in total. The Labute approximate surface area is 95.9 Å². The molecule has 0 spiro atoms. The molecule has 0 aromatic carbocycles. The van der Waals surface area contributed by atoms with Crippen LogP contribution < -0.4 is 5.73 Å². The largest absolute Gasteiger partial charge is 0.328 e. The Balaban J connectivity index is 2.25.